The summed E-state index contributed by atoms with van der Waals surface area (Å²) >= 11 is 1.15. The van der Waals surface area contributed by atoms with Gasteiger partial charge in [0, 0.05) is 0 Å². The van der Waals surface area contributed by atoms with E-state index in [0.29, 0.717) is 0 Å². The van der Waals surface area contributed by atoms with Gasteiger partial charge in [-0.1, -0.05) is 11.8 Å². The first-order valence-corrected chi connectivity index (χ1v) is 2.90. The highest BCUT2D eigenvalue weighted by molar-refractivity contribution is 8.13. The van der Waals surface area contributed by atoms with Gasteiger partial charge in [-0.05, 0) is 0 Å². The molecule has 5 heteroatoms. The third kappa shape index (κ3) is 0.919. The minimum atomic E-state index is -0.882. The lowest BCUT2D eigenvalue weighted by Crippen LogP contribution is -2.25. The maximum absolute atomic E-state index is 10.0. The Balaban J connectivity index is 2.41. The van der Waals surface area contributed by atoms with Crippen LogP contribution in [0.5, 0.6) is 0 Å². The summed E-state index contributed by atoms with van der Waals surface area (Å²) < 4.78 is 0. The molecule has 1 rings (SSSR count). The fourth-order valence-electron chi connectivity index (χ4n) is 0.333. The highest BCUT2D eigenvalue weighted by Crippen LogP contribution is 2.08. The number of nitrogens with zero attached hydrogens (tertiary/aromatic N) is 1. The van der Waals surface area contributed by atoms with E-state index >= 15 is 0 Å². The van der Waals surface area contributed by atoms with Crippen LogP contribution in [0.2, 0.25) is 0 Å². The molecular weight excluding hydrogens is 128 g/mol. The van der Waals surface area contributed by atoms with Crippen molar-refractivity contribution in [3.8, 4) is 0 Å². The molecule has 2 N–H and O–H groups in total. The molecule has 0 fully saturated rings. The molecule has 0 spiro atoms. The number of carbonyl (C=O) groups is 1. The van der Waals surface area contributed by atoms with Crippen LogP contribution in [0, 0.1) is 0 Å². The number of carboxylic acid groups (broad SMARTS) is 1. The van der Waals surface area contributed by atoms with Crippen molar-refractivity contribution in [3.05, 3.63) is 0 Å². The minimum absolute atomic E-state index is 0.574. The molecule has 4 nitrogen and oxygen atoms in total. The van der Waals surface area contributed by atoms with Gasteiger partial charge in [0.1, 0.15) is 0 Å². The van der Waals surface area contributed by atoms with E-state index < -0.39 is 11.3 Å². The Kier molecular flexibility index (Phi) is 1.38. The van der Waals surface area contributed by atoms with E-state index in [1.807, 2.05) is 0 Å². The van der Waals surface area contributed by atoms with Crippen LogP contribution in [0.1, 0.15) is 0 Å². The summed E-state index contributed by atoms with van der Waals surface area (Å²) in [7, 11) is 0. The Hall–Kier alpha value is -0.710. The predicted octanol–water partition coefficient (Wildman–Crippen LogP) is -0.323. The van der Waals surface area contributed by atoms with E-state index in [-0.39, 0.29) is 0 Å². The van der Waals surface area contributed by atoms with E-state index in [0.717, 1.165) is 11.8 Å². The van der Waals surface area contributed by atoms with Gasteiger partial charge in [0.15, 0.2) is 5.37 Å². The highest BCUT2D eigenvalue weighted by Gasteiger charge is 2.18. The first-order chi connectivity index (χ1) is 3.80. The molecular formula is C3H4N2O2S. The van der Waals surface area contributed by atoms with Crippen LogP contribution in [0.4, 0.5) is 0 Å². The Labute approximate surface area is 50.0 Å². The Bertz CT molecular complexity index is 127. The molecule has 0 saturated carbocycles. The Morgan fingerprint density at radius 1 is 2.00 bits per heavy atom. The quantitative estimate of drug-likeness (QED) is 0.513. The first kappa shape index (κ1) is 5.43. The van der Waals surface area contributed by atoms with Crippen molar-refractivity contribution in [2.24, 2.45) is 5.10 Å². The number of hydrogen-bond donors (Lipinski definition) is 2. The fourth-order valence-corrected chi connectivity index (χ4v) is 0.815. The molecule has 0 aromatic heterocycles. The van der Waals surface area contributed by atoms with Crippen LogP contribution < -0.4 is 5.43 Å². The monoisotopic (exact) mass is 132 g/mol. The van der Waals surface area contributed by atoms with E-state index in [4.69, 9.17) is 5.11 Å². The van der Waals surface area contributed by atoms with Gasteiger partial charge in [-0.3, -0.25) is 5.43 Å². The van der Waals surface area contributed by atoms with Gasteiger partial charge in [0.2, 0.25) is 0 Å². The molecule has 1 aliphatic heterocycles. The number of thioether (sulfide) groups is 1. The summed E-state index contributed by atoms with van der Waals surface area (Å²) in [6.45, 7) is 0. The van der Waals surface area contributed by atoms with E-state index in [1.54, 1.807) is 0 Å². The number of hydrogen-bond acceptors (Lipinski definition) is 4. The standard InChI is InChI=1S/C3H4N2O2S/c6-3(7)2-5-4-1-8-2/h1-2,5H,(H,6,7)/t2-/m0/s1. The molecule has 0 amide bonds. The van der Waals surface area contributed by atoms with Gasteiger partial charge in [0.25, 0.3) is 0 Å². The normalized spacial score (nSPS) is 25.2. The molecule has 0 unspecified atom stereocenters. The Morgan fingerprint density at radius 2 is 2.75 bits per heavy atom. The van der Waals surface area contributed by atoms with Crippen LogP contribution in [-0.2, 0) is 4.79 Å². The maximum atomic E-state index is 10.0. The van der Waals surface area contributed by atoms with Crippen molar-refractivity contribution < 1.29 is 9.90 Å². The number of aliphatic carboxylic acids is 1. The second-order valence-corrected chi connectivity index (χ2v) is 2.17. The van der Waals surface area contributed by atoms with Gasteiger partial charge in [0.05, 0.1) is 5.55 Å². The smallest absolute Gasteiger partial charge is 0.338 e. The van der Waals surface area contributed by atoms with Crippen molar-refractivity contribution in [1.29, 1.82) is 0 Å². The van der Waals surface area contributed by atoms with E-state index in [1.165, 1.54) is 5.55 Å². The van der Waals surface area contributed by atoms with Crippen LogP contribution in [0.3, 0.4) is 0 Å². The summed E-state index contributed by atoms with van der Waals surface area (Å²) in [6.07, 6.45) is 0. The van der Waals surface area contributed by atoms with Crippen LogP contribution in [0.15, 0.2) is 5.10 Å². The lowest BCUT2D eigenvalue weighted by Gasteiger charge is -1.98. The summed E-state index contributed by atoms with van der Waals surface area (Å²) in [5.41, 5.74) is 3.86. The Morgan fingerprint density at radius 3 is 3.00 bits per heavy atom. The molecule has 1 atom stereocenters. The minimum Gasteiger partial charge on any atom is -0.479 e. The lowest BCUT2D eigenvalue weighted by atomic mass is 10.7. The van der Waals surface area contributed by atoms with Crippen LogP contribution in [-0.4, -0.2) is 22.0 Å². The second kappa shape index (κ2) is 2.04. The van der Waals surface area contributed by atoms with Gasteiger partial charge < -0.3 is 5.11 Å². The molecule has 0 bridgehead atoms. The molecule has 0 aliphatic carbocycles. The predicted molar refractivity (Wildman–Crippen MR) is 30.6 cm³/mol. The summed E-state index contributed by atoms with van der Waals surface area (Å²) in [6, 6.07) is 0. The zero-order valence-electron chi connectivity index (χ0n) is 3.87. The summed E-state index contributed by atoms with van der Waals surface area (Å²) in [5.74, 6) is -0.882. The van der Waals surface area contributed by atoms with E-state index in [9.17, 15) is 4.79 Å². The lowest BCUT2D eigenvalue weighted by molar-refractivity contribution is -0.136. The molecule has 0 radical (unpaired) electrons. The van der Waals surface area contributed by atoms with E-state index in [2.05, 4.69) is 10.5 Å². The van der Waals surface area contributed by atoms with Crippen molar-refractivity contribution >= 4 is 23.3 Å². The van der Waals surface area contributed by atoms with Gasteiger partial charge in [-0.25, -0.2) is 4.79 Å². The second-order valence-electron chi connectivity index (χ2n) is 1.22. The molecule has 1 heterocycles. The average Bonchev–Trinajstić information content (AvgIpc) is 2.12. The van der Waals surface area contributed by atoms with Crippen molar-refractivity contribution in [1.82, 2.24) is 5.43 Å². The summed E-state index contributed by atoms with van der Waals surface area (Å²) in [4.78, 5) is 10.0. The van der Waals surface area contributed by atoms with Crippen LogP contribution in [0.25, 0.3) is 0 Å². The number of hydrazone groups is 1. The molecule has 44 valence electrons. The molecule has 0 saturated heterocycles. The number of nitrogens with one attached hydrogen (secondary N) is 1. The largest absolute Gasteiger partial charge is 0.479 e. The topological polar surface area (TPSA) is 61.7 Å². The van der Waals surface area contributed by atoms with Gasteiger partial charge >= 0.3 is 5.97 Å². The summed E-state index contributed by atoms with van der Waals surface area (Å²) in [5, 5.41) is 11.2. The maximum Gasteiger partial charge on any atom is 0.338 e. The molecule has 8 heavy (non-hydrogen) atoms. The van der Waals surface area contributed by atoms with Gasteiger partial charge in [-0.15, -0.1) is 0 Å². The fraction of sp³-hybridized carbons (Fsp3) is 0.333. The molecule has 0 aromatic rings. The van der Waals surface area contributed by atoms with Gasteiger partial charge in [-0.2, -0.15) is 5.10 Å². The average molecular weight is 132 g/mol. The zero-order chi connectivity index (χ0) is 5.98. The molecule has 0 aromatic carbocycles. The number of carboxylic acids is 1. The SMILES string of the molecule is O=C(O)[C@H]1NN=CS1. The van der Waals surface area contributed by atoms with Crippen molar-refractivity contribution in [2.75, 3.05) is 0 Å². The zero-order valence-corrected chi connectivity index (χ0v) is 4.68. The highest BCUT2D eigenvalue weighted by atomic mass is 32.2. The van der Waals surface area contributed by atoms with Crippen molar-refractivity contribution in [3.63, 3.8) is 0 Å². The number of rotatable bonds is 1. The van der Waals surface area contributed by atoms with Crippen molar-refractivity contribution in [2.45, 2.75) is 5.37 Å². The third-order valence-corrected chi connectivity index (χ3v) is 1.47. The molecule has 1 aliphatic rings. The third-order valence-electron chi connectivity index (χ3n) is 0.666. The van der Waals surface area contributed by atoms with Crippen LogP contribution >= 0.6 is 11.8 Å². The first-order valence-electron chi connectivity index (χ1n) is 1.96.